The second kappa shape index (κ2) is 16.7. The molecule has 1 fully saturated rings. The van der Waals surface area contributed by atoms with Crippen LogP contribution in [0.15, 0.2) is 17.1 Å². The summed E-state index contributed by atoms with van der Waals surface area (Å²) in [6.45, 7) is 2.09. The molecule has 0 aliphatic carbocycles. The van der Waals surface area contributed by atoms with Crippen molar-refractivity contribution in [3.63, 3.8) is 0 Å². The maximum absolute atomic E-state index is 14.0. The monoisotopic (exact) mass is 666 g/mol. The number of rotatable bonds is 17. The zero-order valence-corrected chi connectivity index (χ0v) is 26.6. The van der Waals surface area contributed by atoms with E-state index in [4.69, 9.17) is 38.5 Å². The minimum absolute atomic E-state index is 0.0528. The van der Waals surface area contributed by atoms with Crippen LogP contribution in [0.3, 0.4) is 0 Å². The zero-order valence-electron chi connectivity index (χ0n) is 25.7. The number of anilines is 1. The molecule has 0 saturated carbocycles. The summed E-state index contributed by atoms with van der Waals surface area (Å²) in [4.78, 5) is 65.9. The van der Waals surface area contributed by atoms with Crippen LogP contribution in [0.1, 0.15) is 33.9 Å². The Hall–Kier alpha value is -3.45. The predicted octanol–water partition coefficient (Wildman–Crippen LogP) is -0.933. The van der Waals surface area contributed by atoms with Crippen LogP contribution < -0.4 is 16.5 Å². The minimum Gasteiger partial charge on any atom is -0.468 e. The number of carbonyl (C=O) groups is 4. The fraction of sp³-hybridized carbons (Fsp3) is 0.680. The summed E-state index contributed by atoms with van der Waals surface area (Å²) in [7, 11) is -2.43. The molecule has 1 aliphatic heterocycles. The highest BCUT2D eigenvalue weighted by Gasteiger charge is 2.53. The van der Waals surface area contributed by atoms with Gasteiger partial charge in [-0.1, -0.05) is 0 Å². The number of aliphatic hydroxyl groups is 1. The van der Waals surface area contributed by atoms with Gasteiger partial charge < -0.3 is 39.3 Å². The molecular formula is C25H39N4O15P. The molecule has 0 radical (unpaired) electrons. The lowest BCUT2D eigenvalue weighted by molar-refractivity contribution is -0.181. The van der Waals surface area contributed by atoms with Crippen LogP contribution in [0, 0.1) is 5.41 Å². The number of nitrogens with one attached hydrogen (secondary N) is 1. The lowest BCUT2D eigenvalue weighted by atomic mass is 9.90. The van der Waals surface area contributed by atoms with E-state index in [-0.39, 0.29) is 19.0 Å². The quantitative estimate of drug-likeness (QED) is 0.0785. The molecular weight excluding hydrogens is 627 g/mol. The van der Waals surface area contributed by atoms with E-state index in [2.05, 4.69) is 14.8 Å². The summed E-state index contributed by atoms with van der Waals surface area (Å²) in [5.41, 5.74) is 2.27. The Morgan fingerprint density at radius 3 is 2.27 bits per heavy atom. The Morgan fingerprint density at radius 1 is 1.13 bits per heavy atom. The number of carbonyl (C=O) groups excluding carboxylic acids is 4. The van der Waals surface area contributed by atoms with Gasteiger partial charge in [0, 0.05) is 20.2 Å². The lowest BCUT2D eigenvalue weighted by Crippen LogP contribution is -2.50. The van der Waals surface area contributed by atoms with E-state index >= 15 is 0 Å². The summed E-state index contributed by atoms with van der Waals surface area (Å²) in [6.07, 6.45) is -3.84. The Morgan fingerprint density at radius 2 is 1.76 bits per heavy atom. The molecule has 3 unspecified atom stereocenters. The van der Waals surface area contributed by atoms with Crippen molar-refractivity contribution in [2.75, 3.05) is 53.0 Å². The lowest BCUT2D eigenvalue weighted by Gasteiger charge is -2.30. The molecule has 2 heterocycles. The topological polar surface area (TPSA) is 252 Å². The van der Waals surface area contributed by atoms with Crippen molar-refractivity contribution >= 4 is 37.4 Å². The molecule has 0 bridgehead atoms. The van der Waals surface area contributed by atoms with Gasteiger partial charge in [0.2, 0.25) is 5.41 Å². The van der Waals surface area contributed by atoms with Crippen LogP contribution in [0.5, 0.6) is 0 Å². The third-order valence-corrected chi connectivity index (χ3v) is 8.02. The van der Waals surface area contributed by atoms with Gasteiger partial charge in [-0.3, -0.25) is 32.8 Å². The molecule has 0 amide bonds. The Bertz CT molecular complexity index is 1290. The Balaban J connectivity index is 2.42. The summed E-state index contributed by atoms with van der Waals surface area (Å²) in [5.74, 6) is -4.26. The fourth-order valence-electron chi connectivity index (χ4n) is 4.02. The van der Waals surface area contributed by atoms with Crippen molar-refractivity contribution in [3.8, 4) is 0 Å². The number of nitrogen functional groups attached to an aromatic ring is 1. The zero-order chi connectivity index (χ0) is 33.9. The second-order valence-electron chi connectivity index (χ2n) is 9.54. The van der Waals surface area contributed by atoms with Gasteiger partial charge in [0.15, 0.2) is 6.23 Å². The van der Waals surface area contributed by atoms with Gasteiger partial charge in [0.05, 0.1) is 33.5 Å². The van der Waals surface area contributed by atoms with Gasteiger partial charge in [0.25, 0.3) is 0 Å². The van der Waals surface area contributed by atoms with Crippen LogP contribution in [0.25, 0.3) is 0 Å². The van der Waals surface area contributed by atoms with Crippen LogP contribution in [-0.4, -0.2) is 110 Å². The maximum Gasteiger partial charge on any atom is 0.406 e. The molecule has 0 spiro atoms. The van der Waals surface area contributed by atoms with Crippen LogP contribution in [-0.2, 0) is 61.2 Å². The van der Waals surface area contributed by atoms with Gasteiger partial charge in [-0.2, -0.15) is 4.98 Å². The number of aromatic nitrogens is 2. The van der Waals surface area contributed by atoms with E-state index in [0.29, 0.717) is 0 Å². The molecule has 1 aromatic heterocycles. The number of ether oxygens (including phenoxy) is 6. The largest absolute Gasteiger partial charge is 0.468 e. The summed E-state index contributed by atoms with van der Waals surface area (Å²) in [5, 5.41) is 13.2. The normalized spacial score (nSPS) is 21.8. The number of hydrogen-bond acceptors (Lipinski definition) is 17. The van der Waals surface area contributed by atoms with Gasteiger partial charge >= 0.3 is 37.3 Å². The number of hydrogen-bond donors (Lipinski definition) is 3. The van der Waals surface area contributed by atoms with Gasteiger partial charge in [-0.25, -0.2) is 14.4 Å². The maximum atomic E-state index is 14.0. The first-order chi connectivity index (χ1) is 21.2. The Labute approximate surface area is 258 Å². The van der Waals surface area contributed by atoms with E-state index in [0.717, 1.165) is 18.6 Å². The molecule has 0 aromatic carbocycles. The Kier molecular flexibility index (Phi) is 14.0. The van der Waals surface area contributed by atoms with Crippen molar-refractivity contribution in [1.29, 1.82) is 0 Å². The smallest absolute Gasteiger partial charge is 0.406 e. The number of nitrogens with zero attached hydrogens (tertiary/aromatic N) is 2. The number of aliphatic hydroxyl groups excluding tert-OH is 1. The number of methoxy groups -OCH3 is 2. The van der Waals surface area contributed by atoms with Crippen molar-refractivity contribution in [2.24, 2.45) is 5.41 Å². The summed E-state index contributed by atoms with van der Waals surface area (Å²) in [6, 6.07) is -0.00885. The average molecular weight is 667 g/mol. The molecule has 1 saturated heterocycles. The minimum atomic E-state index is -4.75. The van der Waals surface area contributed by atoms with Crippen molar-refractivity contribution in [3.05, 3.63) is 22.7 Å². The third-order valence-electron chi connectivity index (χ3n) is 6.36. The molecule has 4 N–H and O–H groups in total. The van der Waals surface area contributed by atoms with Crippen LogP contribution in [0.2, 0.25) is 0 Å². The van der Waals surface area contributed by atoms with Crippen LogP contribution >= 0.6 is 7.75 Å². The SMILES string of the molecule is CCOC(=O)C(COC(C)=O)(COP(=O)(N[C@@H](C)C(=O)OC)OC[C@H]1O[C@@H](n2ccc(N)nc2=O)C(OC)C1O)C(=O)OCC. The molecule has 254 valence electrons. The second-order valence-corrected chi connectivity index (χ2v) is 11.3. The first-order valence-electron chi connectivity index (χ1n) is 13.6. The molecule has 6 atom stereocenters. The van der Waals surface area contributed by atoms with Crippen LogP contribution in [0.4, 0.5) is 5.82 Å². The highest BCUT2D eigenvalue weighted by Crippen LogP contribution is 2.47. The number of nitrogens with two attached hydrogens (primary N) is 1. The first-order valence-corrected chi connectivity index (χ1v) is 15.2. The molecule has 19 nitrogen and oxygen atoms in total. The van der Waals surface area contributed by atoms with Gasteiger partial charge in [-0.05, 0) is 26.8 Å². The highest BCUT2D eigenvalue weighted by atomic mass is 31.2. The first kappa shape index (κ1) is 37.7. The number of esters is 4. The standard InChI is InChI=1S/C25H39N4O15P/c1-7-39-22(33)25(12-41-15(4)30,23(34)40-8-2)13-43-45(36,28-14(3)21(32)38-6)42-11-16-18(31)19(37-5)20(44-16)29-10-9-17(26)27-24(29)35/h9-10,14,16,18-20,31H,7-8,11-13H2,1-6H3,(H,28,36)(H2,26,27,35)/t14-,16+,18?,19?,20+,45?/m0/s1. The van der Waals surface area contributed by atoms with Gasteiger partial charge in [-0.15, -0.1) is 0 Å². The third kappa shape index (κ3) is 9.52. The van der Waals surface area contributed by atoms with Crippen molar-refractivity contribution in [1.82, 2.24) is 14.6 Å². The fourth-order valence-corrected chi connectivity index (χ4v) is 5.56. The molecule has 45 heavy (non-hydrogen) atoms. The van der Waals surface area contributed by atoms with E-state index in [1.807, 2.05) is 0 Å². The van der Waals surface area contributed by atoms with E-state index in [1.54, 1.807) is 0 Å². The summed E-state index contributed by atoms with van der Waals surface area (Å²) >= 11 is 0. The molecule has 20 heteroatoms. The molecule has 2 rings (SSSR count). The summed E-state index contributed by atoms with van der Waals surface area (Å²) < 4.78 is 56.8. The van der Waals surface area contributed by atoms with Crippen molar-refractivity contribution < 1.29 is 66.3 Å². The van der Waals surface area contributed by atoms with E-state index < -0.39 is 93.1 Å². The van der Waals surface area contributed by atoms with E-state index in [9.17, 15) is 33.6 Å². The predicted molar refractivity (Wildman–Crippen MR) is 150 cm³/mol. The average Bonchev–Trinajstić information content (AvgIpc) is 3.30. The van der Waals surface area contributed by atoms with Gasteiger partial charge in [0.1, 0.15) is 36.8 Å². The van der Waals surface area contributed by atoms with Crippen molar-refractivity contribution in [2.45, 2.75) is 58.3 Å². The molecule has 1 aromatic rings. The van der Waals surface area contributed by atoms with E-state index in [1.165, 1.54) is 40.1 Å². The highest BCUT2D eigenvalue weighted by molar-refractivity contribution is 7.51. The molecule has 1 aliphatic rings.